The van der Waals surface area contributed by atoms with Gasteiger partial charge in [0.1, 0.15) is 6.10 Å². The average Bonchev–Trinajstić information content (AvgIpc) is 3.04. The van der Waals surface area contributed by atoms with Gasteiger partial charge in [-0.15, -0.1) is 0 Å². The van der Waals surface area contributed by atoms with E-state index in [-0.39, 0.29) is 41.7 Å². The molecule has 3 aliphatic rings. The Morgan fingerprint density at radius 1 is 1.38 bits per heavy atom. The Bertz CT molecular complexity index is 648. The smallest absolute Gasteiger partial charge is 0.310 e. The summed E-state index contributed by atoms with van der Waals surface area (Å²) < 4.78 is 6.14. The molecule has 5 atom stereocenters. The summed E-state index contributed by atoms with van der Waals surface area (Å²) >= 11 is 9.35. The van der Waals surface area contributed by atoms with Crippen molar-refractivity contribution in [1.82, 2.24) is 0 Å². The van der Waals surface area contributed by atoms with Crippen molar-refractivity contribution in [3.63, 3.8) is 0 Å². The number of halogens is 2. The van der Waals surface area contributed by atoms with Gasteiger partial charge < -0.3 is 10.1 Å². The lowest BCUT2D eigenvalue weighted by Crippen LogP contribution is -2.35. The molecule has 1 heterocycles. The van der Waals surface area contributed by atoms with Crippen molar-refractivity contribution in [1.29, 1.82) is 0 Å². The molecule has 0 aromatic heterocycles. The quantitative estimate of drug-likeness (QED) is 0.813. The van der Waals surface area contributed by atoms with Gasteiger partial charge in [0.25, 0.3) is 0 Å². The van der Waals surface area contributed by atoms with E-state index >= 15 is 0 Å². The van der Waals surface area contributed by atoms with E-state index in [1.54, 1.807) is 18.2 Å². The van der Waals surface area contributed by atoms with Crippen LogP contribution in [0, 0.1) is 23.7 Å². The average molecular weight is 371 g/mol. The molecule has 6 heteroatoms. The molecule has 0 unspecified atom stereocenters. The first-order chi connectivity index (χ1) is 10.0. The molecule has 21 heavy (non-hydrogen) atoms. The van der Waals surface area contributed by atoms with E-state index in [0.29, 0.717) is 10.7 Å². The van der Waals surface area contributed by atoms with Gasteiger partial charge in [-0.3, -0.25) is 9.59 Å². The highest BCUT2D eigenvalue weighted by molar-refractivity contribution is 9.10. The van der Waals surface area contributed by atoms with Gasteiger partial charge in [-0.2, -0.15) is 0 Å². The molecule has 1 aromatic carbocycles. The van der Waals surface area contributed by atoms with Crippen molar-refractivity contribution in [3.05, 3.63) is 27.7 Å². The first-order valence-electron chi connectivity index (χ1n) is 7.01. The number of carbonyl (C=O) groups excluding carboxylic acids is 2. The predicted octanol–water partition coefficient (Wildman–Crippen LogP) is 3.24. The van der Waals surface area contributed by atoms with Crippen molar-refractivity contribution < 1.29 is 14.3 Å². The standard InChI is InChI=1S/C15H13BrClNO3/c16-9-2-1-7(5-10(9)17)18-14(19)12-6-3-8-11(4-6)21-15(20)13(8)12/h1-2,5-6,8,11-13H,3-4H2,(H,18,19)/t6-,8-,11-,12-,13+/m1/s1. The van der Waals surface area contributed by atoms with Gasteiger partial charge in [0, 0.05) is 16.1 Å². The first-order valence-corrected chi connectivity index (χ1v) is 8.18. The highest BCUT2D eigenvalue weighted by Crippen LogP contribution is 2.57. The van der Waals surface area contributed by atoms with Gasteiger partial charge in [-0.25, -0.2) is 0 Å². The molecule has 1 saturated heterocycles. The van der Waals surface area contributed by atoms with Crippen molar-refractivity contribution in [3.8, 4) is 0 Å². The lowest BCUT2D eigenvalue weighted by atomic mass is 9.79. The molecule has 2 saturated carbocycles. The van der Waals surface area contributed by atoms with Crippen LogP contribution in [-0.2, 0) is 14.3 Å². The van der Waals surface area contributed by atoms with Gasteiger partial charge in [-0.05, 0) is 52.9 Å². The minimum atomic E-state index is -0.260. The monoisotopic (exact) mass is 369 g/mol. The number of ether oxygens (including phenoxy) is 1. The Morgan fingerprint density at radius 3 is 2.95 bits per heavy atom. The Morgan fingerprint density at radius 2 is 2.19 bits per heavy atom. The largest absolute Gasteiger partial charge is 0.462 e. The van der Waals surface area contributed by atoms with Gasteiger partial charge in [0.05, 0.1) is 16.9 Å². The van der Waals surface area contributed by atoms with Crippen LogP contribution in [-0.4, -0.2) is 18.0 Å². The van der Waals surface area contributed by atoms with Gasteiger partial charge in [0.2, 0.25) is 5.91 Å². The maximum Gasteiger partial charge on any atom is 0.310 e. The van der Waals surface area contributed by atoms with Crippen LogP contribution in [0.25, 0.3) is 0 Å². The third-order valence-electron chi connectivity index (χ3n) is 4.97. The summed E-state index contributed by atoms with van der Waals surface area (Å²) in [6.07, 6.45) is 1.81. The molecular weight excluding hydrogens is 358 g/mol. The van der Waals surface area contributed by atoms with Crippen molar-refractivity contribution >= 4 is 45.1 Å². The Kier molecular flexibility index (Phi) is 3.05. The third-order valence-corrected chi connectivity index (χ3v) is 6.21. The Balaban J connectivity index is 1.55. The predicted molar refractivity (Wildman–Crippen MR) is 80.9 cm³/mol. The number of carbonyl (C=O) groups is 2. The molecule has 1 N–H and O–H groups in total. The molecule has 2 aliphatic carbocycles. The van der Waals surface area contributed by atoms with E-state index in [2.05, 4.69) is 21.2 Å². The van der Waals surface area contributed by atoms with E-state index in [4.69, 9.17) is 16.3 Å². The van der Waals surface area contributed by atoms with Crippen LogP contribution in [0.2, 0.25) is 5.02 Å². The molecule has 3 fully saturated rings. The lowest BCUT2D eigenvalue weighted by Gasteiger charge is -2.23. The van der Waals surface area contributed by atoms with Crippen molar-refractivity contribution in [2.24, 2.45) is 23.7 Å². The second-order valence-electron chi connectivity index (χ2n) is 6.04. The number of rotatable bonds is 2. The molecule has 1 aliphatic heterocycles. The number of fused-ring (bicyclic) bond motifs is 1. The molecule has 1 aromatic rings. The fourth-order valence-electron chi connectivity index (χ4n) is 4.16. The van der Waals surface area contributed by atoms with Gasteiger partial charge in [0.15, 0.2) is 0 Å². The number of nitrogens with one attached hydrogen (secondary N) is 1. The summed E-state index contributed by atoms with van der Waals surface area (Å²) in [4.78, 5) is 24.5. The fourth-order valence-corrected chi connectivity index (χ4v) is 4.59. The second-order valence-corrected chi connectivity index (χ2v) is 7.30. The highest BCUT2D eigenvalue weighted by Gasteiger charge is 2.63. The molecule has 110 valence electrons. The zero-order chi connectivity index (χ0) is 14.7. The number of esters is 1. The summed E-state index contributed by atoms with van der Waals surface area (Å²) in [5.41, 5.74) is 0.652. The van der Waals surface area contributed by atoms with E-state index < -0.39 is 0 Å². The number of amides is 1. The number of hydrogen-bond acceptors (Lipinski definition) is 3. The van der Waals surface area contributed by atoms with E-state index in [0.717, 1.165) is 17.3 Å². The molecule has 4 nitrogen and oxygen atoms in total. The maximum absolute atomic E-state index is 12.6. The first kappa shape index (κ1) is 13.6. The summed E-state index contributed by atoms with van der Waals surface area (Å²) in [6.45, 7) is 0. The molecule has 0 radical (unpaired) electrons. The van der Waals surface area contributed by atoms with E-state index in [1.807, 2.05) is 0 Å². The number of anilines is 1. The molecule has 4 rings (SSSR count). The van der Waals surface area contributed by atoms with E-state index in [1.165, 1.54) is 0 Å². The van der Waals surface area contributed by atoms with Crippen LogP contribution < -0.4 is 5.32 Å². The molecular formula is C15H13BrClNO3. The minimum Gasteiger partial charge on any atom is -0.462 e. The summed E-state index contributed by atoms with van der Waals surface area (Å²) in [6, 6.07) is 5.28. The zero-order valence-electron chi connectivity index (χ0n) is 11.0. The summed E-state index contributed by atoms with van der Waals surface area (Å²) in [7, 11) is 0. The normalized spacial score (nSPS) is 35.9. The number of benzene rings is 1. The van der Waals surface area contributed by atoms with Crippen LogP contribution in [0.4, 0.5) is 5.69 Å². The second kappa shape index (κ2) is 4.71. The van der Waals surface area contributed by atoms with Crippen molar-refractivity contribution in [2.45, 2.75) is 18.9 Å². The van der Waals surface area contributed by atoms with E-state index in [9.17, 15) is 9.59 Å². The highest BCUT2D eigenvalue weighted by atomic mass is 79.9. The molecule has 1 amide bonds. The zero-order valence-corrected chi connectivity index (χ0v) is 13.4. The summed E-state index contributed by atoms with van der Waals surface area (Å²) in [5.74, 6) is -0.292. The van der Waals surface area contributed by atoms with Crippen LogP contribution in [0.3, 0.4) is 0 Å². The Hall–Kier alpha value is -1.07. The van der Waals surface area contributed by atoms with Crippen LogP contribution >= 0.6 is 27.5 Å². The molecule has 0 spiro atoms. The van der Waals surface area contributed by atoms with Crippen LogP contribution in [0.1, 0.15) is 12.8 Å². The van der Waals surface area contributed by atoms with Crippen LogP contribution in [0.15, 0.2) is 22.7 Å². The van der Waals surface area contributed by atoms with Gasteiger partial charge >= 0.3 is 5.97 Å². The SMILES string of the molecule is O=C(Nc1ccc(Br)c(Cl)c1)[C@@H]1[C@@H]2C[C@H]3[C@@H]1C(=O)O[C@@H]3C2. The van der Waals surface area contributed by atoms with Gasteiger partial charge in [-0.1, -0.05) is 11.6 Å². The summed E-state index contributed by atoms with van der Waals surface area (Å²) in [5, 5.41) is 3.43. The molecule has 2 bridgehead atoms. The lowest BCUT2D eigenvalue weighted by molar-refractivity contribution is -0.145. The van der Waals surface area contributed by atoms with Crippen LogP contribution in [0.5, 0.6) is 0 Å². The third kappa shape index (κ3) is 2.01. The fraction of sp³-hybridized carbons (Fsp3) is 0.467. The number of hydrogen-bond donors (Lipinski definition) is 1. The maximum atomic E-state index is 12.6. The minimum absolute atomic E-state index is 0.0543. The Labute approximate surface area is 135 Å². The van der Waals surface area contributed by atoms with Crippen molar-refractivity contribution in [2.75, 3.05) is 5.32 Å². The topological polar surface area (TPSA) is 55.4 Å².